The number of carbonyl (C=O) groups is 1. The van der Waals surface area contributed by atoms with Gasteiger partial charge in [-0.1, -0.05) is 11.6 Å². The van der Waals surface area contributed by atoms with Crippen LogP contribution in [-0.2, 0) is 4.79 Å². The Bertz CT molecular complexity index is 907. The number of methoxy groups -OCH3 is 1. The van der Waals surface area contributed by atoms with Crippen LogP contribution in [0, 0.1) is 24.7 Å². The molecule has 2 aliphatic carbocycles. The number of benzene rings is 1. The molecule has 2 saturated carbocycles. The first kappa shape index (κ1) is 19.8. The van der Waals surface area contributed by atoms with Crippen LogP contribution >= 0.6 is 34.9 Å². The molecule has 1 saturated heterocycles. The lowest BCUT2D eigenvalue weighted by atomic mass is 9.79. The lowest BCUT2D eigenvalue weighted by molar-refractivity contribution is -0.121. The SMILES string of the molecule is COc1ccc(C)cc1-c1csc(NC(=O)C2CC3CCC(C2)C32SCCS2)n1. The van der Waals surface area contributed by atoms with Gasteiger partial charge in [0.15, 0.2) is 5.13 Å². The van der Waals surface area contributed by atoms with E-state index in [1.54, 1.807) is 7.11 Å². The standard InChI is InChI=1S/C22H26N2O2S3/c1-13-3-6-19(26-2)17(9-13)18-12-27-21(23-18)24-20(25)14-10-15-4-5-16(11-14)22(15)28-7-8-29-22/h3,6,9,12,14-16H,4-5,7-8,10-11H2,1-2H3,(H,23,24,25). The van der Waals surface area contributed by atoms with Gasteiger partial charge >= 0.3 is 0 Å². The van der Waals surface area contributed by atoms with Gasteiger partial charge in [-0.2, -0.15) is 0 Å². The summed E-state index contributed by atoms with van der Waals surface area (Å²) in [6, 6.07) is 6.08. The summed E-state index contributed by atoms with van der Waals surface area (Å²) >= 11 is 5.84. The van der Waals surface area contributed by atoms with E-state index in [1.165, 1.54) is 35.7 Å². The van der Waals surface area contributed by atoms with Crippen molar-refractivity contribution in [1.29, 1.82) is 0 Å². The maximum Gasteiger partial charge on any atom is 0.229 e. The van der Waals surface area contributed by atoms with Gasteiger partial charge in [0.2, 0.25) is 5.91 Å². The average molecular weight is 447 g/mol. The van der Waals surface area contributed by atoms with Gasteiger partial charge in [0, 0.05) is 28.4 Å². The van der Waals surface area contributed by atoms with Crippen LogP contribution in [0.25, 0.3) is 11.3 Å². The maximum absolute atomic E-state index is 13.0. The van der Waals surface area contributed by atoms with Gasteiger partial charge in [-0.15, -0.1) is 34.9 Å². The number of ether oxygens (including phenoxy) is 1. The Labute approximate surface area is 184 Å². The maximum atomic E-state index is 13.0. The summed E-state index contributed by atoms with van der Waals surface area (Å²) in [5, 5.41) is 5.80. The Morgan fingerprint density at radius 3 is 2.62 bits per heavy atom. The van der Waals surface area contributed by atoms with E-state index < -0.39 is 0 Å². The number of aryl methyl sites for hydroxylation is 1. The molecule has 0 radical (unpaired) electrons. The van der Waals surface area contributed by atoms with E-state index in [0.29, 0.717) is 21.0 Å². The normalized spacial score (nSPS) is 27.3. The molecule has 1 aromatic heterocycles. The fourth-order valence-corrected chi connectivity index (χ4v) is 9.95. The van der Waals surface area contributed by atoms with Crippen molar-refractivity contribution in [2.75, 3.05) is 23.9 Å². The monoisotopic (exact) mass is 446 g/mol. The predicted octanol–water partition coefficient (Wildman–Crippen LogP) is 5.68. The number of anilines is 1. The number of amides is 1. The Balaban J connectivity index is 1.29. The number of rotatable bonds is 4. The van der Waals surface area contributed by atoms with Crippen molar-refractivity contribution in [1.82, 2.24) is 4.98 Å². The highest BCUT2D eigenvalue weighted by molar-refractivity contribution is 8.21. The number of nitrogens with one attached hydrogen (secondary N) is 1. The molecule has 2 atom stereocenters. The van der Waals surface area contributed by atoms with E-state index in [4.69, 9.17) is 4.74 Å². The van der Waals surface area contributed by atoms with E-state index >= 15 is 0 Å². The summed E-state index contributed by atoms with van der Waals surface area (Å²) in [7, 11) is 1.67. The third-order valence-corrected chi connectivity index (χ3v) is 11.4. The Kier molecular flexibility index (Phi) is 5.33. The van der Waals surface area contributed by atoms with E-state index in [1.807, 2.05) is 17.5 Å². The fraction of sp³-hybridized carbons (Fsp3) is 0.545. The number of thiazole rings is 1. The number of nitrogens with zero attached hydrogens (tertiary/aromatic N) is 1. The Morgan fingerprint density at radius 2 is 1.93 bits per heavy atom. The fourth-order valence-electron chi connectivity index (χ4n) is 5.30. The molecule has 1 spiro atoms. The van der Waals surface area contributed by atoms with Crippen LogP contribution in [0.2, 0.25) is 0 Å². The number of thioether (sulfide) groups is 2. The van der Waals surface area contributed by atoms with Gasteiger partial charge in [-0.25, -0.2) is 4.98 Å². The molecule has 1 amide bonds. The minimum absolute atomic E-state index is 0.126. The van der Waals surface area contributed by atoms with Crippen molar-refractivity contribution in [2.45, 2.75) is 36.7 Å². The highest BCUT2D eigenvalue weighted by atomic mass is 32.2. The number of hydrogen-bond donors (Lipinski definition) is 1. The first-order chi connectivity index (χ1) is 14.1. The van der Waals surface area contributed by atoms with Crippen molar-refractivity contribution >= 4 is 45.9 Å². The topological polar surface area (TPSA) is 51.2 Å². The van der Waals surface area contributed by atoms with Crippen LogP contribution in [0.15, 0.2) is 23.6 Å². The molecule has 2 aromatic rings. The van der Waals surface area contributed by atoms with Gasteiger partial charge in [0.25, 0.3) is 0 Å². The van der Waals surface area contributed by atoms with Crippen molar-refractivity contribution in [3.8, 4) is 17.0 Å². The summed E-state index contributed by atoms with van der Waals surface area (Å²) < 4.78 is 5.91. The zero-order chi connectivity index (χ0) is 20.0. The molecule has 3 fully saturated rings. The lowest BCUT2D eigenvalue weighted by Crippen LogP contribution is -2.41. The smallest absolute Gasteiger partial charge is 0.229 e. The molecule has 2 unspecified atom stereocenters. The second-order valence-electron chi connectivity index (χ2n) is 8.29. The molecule has 2 bridgehead atoms. The molecular formula is C22H26N2O2S3. The first-order valence-electron chi connectivity index (χ1n) is 10.3. The van der Waals surface area contributed by atoms with Gasteiger partial charge in [0.1, 0.15) is 5.75 Å². The summed E-state index contributed by atoms with van der Waals surface area (Å²) in [6.45, 7) is 2.06. The molecular weight excluding hydrogens is 420 g/mol. The number of carbonyl (C=O) groups excluding carboxylic acids is 1. The third-order valence-electron chi connectivity index (χ3n) is 6.61. The van der Waals surface area contributed by atoms with Gasteiger partial charge in [-0.3, -0.25) is 4.79 Å². The second-order valence-corrected chi connectivity index (χ2v) is 12.2. The van der Waals surface area contributed by atoms with Crippen LogP contribution in [0.5, 0.6) is 5.75 Å². The van der Waals surface area contributed by atoms with E-state index in [2.05, 4.69) is 46.8 Å². The predicted molar refractivity (Wildman–Crippen MR) is 124 cm³/mol. The van der Waals surface area contributed by atoms with E-state index in [0.717, 1.165) is 35.4 Å². The highest BCUT2D eigenvalue weighted by Gasteiger charge is 2.57. The van der Waals surface area contributed by atoms with Crippen LogP contribution in [0.4, 0.5) is 5.13 Å². The molecule has 1 aromatic carbocycles. The summed E-state index contributed by atoms with van der Waals surface area (Å²) in [5.41, 5.74) is 2.98. The molecule has 1 N–H and O–H groups in total. The van der Waals surface area contributed by atoms with Gasteiger partial charge < -0.3 is 10.1 Å². The molecule has 29 heavy (non-hydrogen) atoms. The minimum Gasteiger partial charge on any atom is -0.496 e. The summed E-state index contributed by atoms with van der Waals surface area (Å²) in [5.74, 6) is 5.02. The second kappa shape index (κ2) is 7.82. The zero-order valence-electron chi connectivity index (χ0n) is 16.8. The quantitative estimate of drug-likeness (QED) is 0.655. The number of hydrogen-bond acceptors (Lipinski definition) is 6. The van der Waals surface area contributed by atoms with Crippen LogP contribution in [-0.4, -0.2) is 33.6 Å². The molecule has 2 heterocycles. The molecule has 1 aliphatic heterocycles. The average Bonchev–Trinajstić information content (AvgIpc) is 3.42. The Morgan fingerprint density at radius 1 is 1.21 bits per heavy atom. The van der Waals surface area contributed by atoms with Gasteiger partial charge in [-0.05, 0) is 56.6 Å². The van der Waals surface area contributed by atoms with Crippen molar-refractivity contribution in [3.05, 3.63) is 29.1 Å². The Hall–Kier alpha value is -1.18. The number of aromatic nitrogens is 1. The van der Waals surface area contributed by atoms with Gasteiger partial charge in [0.05, 0.1) is 16.9 Å². The third kappa shape index (κ3) is 3.49. The minimum atomic E-state index is 0.126. The summed E-state index contributed by atoms with van der Waals surface area (Å²) in [4.78, 5) is 17.7. The molecule has 3 aliphatic rings. The van der Waals surface area contributed by atoms with Crippen molar-refractivity contribution < 1.29 is 9.53 Å². The molecule has 5 rings (SSSR count). The lowest BCUT2D eigenvalue weighted by Gasteiger charge is -2.42. The van der Waals surface area contributed by atoms with E-state index in [-0.39, 0.29) is 11.8 Å². The molecule has 7 heteroatoms. The largest absolute Gasteiger partial charge is 0.496 e. The van der Waals surface area contributed by atoms with Crippen molar-refractivity contribution in [2.24, 2.45) is 17.8 Å². The molecule has 154 valence electrons. The van der Waals surface area contributed by atoms with Crippen LogP contribution < -0.4 is 10.1 Å². The van der Waals surface area contributed by atoms with Crippen molar-refractivity contribution in [3.63, 3.8) is 0 Å². The molecule has 4 nitrogen and oxygen atoms in total. The first-order valence-corrected chi connectivity index (χ1v) is 13.1. The summed E-state index contributed by atoms with van der Waals surface area (Å²) in [6.07, 6.45) is 4.66. The van der Waals surface area contributed by atoms with Crippen LogP contribution in [0.3, 0.4) is 0 Å². The highest BCUT2D eigenvalue weighted by Crippen LogP contribution is 2.65. The van der Waals surface area contributed by atoms with Crippen LogP contribution in [0.1, 0.15) is 31.2 Å². The van der Waals surface area contributed by atoms with E-state index in [9.17, 15) is 4.79 Å². The zero-order valence-corrected chi connectivity index (χ0v) is 19.2.